The van der Waals surface area contributed by atoms with Crippen molar-refractivity contribution >= 4 is 46.3 Å². The molecule has 0 spiro atoms. The molecule has 0 bridgehead atoms. The van der Waals surface area contributed by atoms with Gasteiger partial charge in [-0.1, -0.05) is 0 Å². The third-order valence-corrected chi connectivity index (χ3v) is 5.88. The number of anilines is 1. The van der Waals surface area contributed by atoms with E-state index in [1.807, 2.05) is 0 Å². The third-order valence-electron chi connectivity index (χ3n) is 4.71. The van der Waals surface area contributed by atoms with Crippen molar-refractivity contribution in [2.24, 2.45) is 0 Å². The second kappa shape index (κ2) is 9.80. The van der Waals surface area contributed by atoms with Crippen LogP contribution in [-0.4, -0.2) is 55.0 Å². The van der Waals surface area contributed by atoms with Crippen LogP contribution in [0.2, 0.25) is 0 Å². The lowest BCUT2D eigenvalue weighted by molar-refractivity contribution is -0.151. The Kier molecular flexibility index (Phi) is 8.06. The number of likely N-dealkylation sites (tertiary alicyclic amines) is 1. The summed E-state index contributed by atoms with van der Waals surface area (Å²) in [6, 6.07) is 4.26. The fourth-order valence-electron chi connectivity index (χ4n) is 3.35. The molecule has 6 nitrogen and oxygen atoms in total. The summed E-state index contributed by atoms with van der Waals surface area (Å²) in [5, 5.41) is 20.7. The van der Waals surface area contributed by atoms with Crippen molar-refractivity contribution < 1.29 is 14.6 Å². The Hall–Kier alpha value is -0.760. The molecule has 8 heteroatoms. The van der Waals surface area contributed by atoms with Crippen molar-refractivity contribution in [3.8, 4) is 0 Å². The number of ether oxygens (including phenoxy) is 1. The van der Waals surface area contributed by atoms with Crippen LogP contribution in [0.15, 0.2) is 12.1 Å². The minimum Gasteiger partial charge on any atom is -0.467 e. The topological polar surface area (TPSA) is 85.7 Å². The zero-order valence-corrected chi connectivity index (χ0v) is 17.7. The van der Waals surface area contributed by atoms with E-state index in [-0.39, 0.29) is 0 Å². The van der Waals surface area contributed by atoms with E-state index in [0.717, 1.165) is 37.2 Å². The molecule has 1 fully saturated rings. The molecule has 1 aliphatic heterocycles. The van der Waals surface area contributed by atoms with Gasteiger partial charge in [-0.3, -0.25) is 0 Å². The number of aryl methyl sites for hydroxylation is 1. The minimum absolute atomic E-state index is 0.327. The fourth-order valence-corrected chi connectivity index (χ4v) is 4.54. The molecule has 1 aromatic carbocycles. The number of methoxy groups -OCH3 is 1. The van der Waals surface area contributed by atoms with Crippen molar-refractivity contribution in [2.45, 2.75) is 31.8 Å². The fraction of sp³-hybridized carbons (Fsp3) is 0.529. The van der Waals surface area contributed by atoms with Gasteiger partial charge in [-0.25, -0.2) is 4.79 Å². The molecule has 0 amide bonds. The summed E-state index contributed by atoms with van der Waals surface area (Å²) in [7, 11) is 1.29. The van der Waals surface area contributed by atoms with Crippen LogP contribution in [0.3, 0.4) is 0 Å². The molecule has 3 N–H and O–H groups in total. The maximum Gasteiger partial charge on any atom is 0.336 e. The number of aliphatic hydroxyl groups excluding tert-OH is 1. The molecule has 1 heterocycles. The highest BCUT2D eigenvalue weighted by Gasteiger charge is 2.26. The first-order chi connectivity index (χ1) is 12.0. The van der Waals surface area contributed by atoms with Crippen LogP contribution in [0.1, 0.15) is 35.4 Å². The molecule has 1 saturated heterocycles. The smallest absolute Gasteiger partial charge is 0.336 e. The molecule has 0 aromatic heterocycles. The number of carbonyl (C=O) groups excluding carboxylic acids is 1. The number of nitrogens with one attached hydrogen (secondary N) is 2. The van der Waals surface area contributed by atoms with Crippen molar-refractivity contribution in [1.82, 2.24) is 4.90 Å². The van der Waals surface area contributed by atoms with Crippen LogP contribution in [0, 0.1) is 12.3 Å². The van der Waals surface area contributed by atoms with Crippen LogP contribution < -0.4 is 5.09 Å². The average Bonchev–Trinajstić information content (AvgIpc) is 2.63. The van der Waals surface area contributed by atoms with E-state index < -0.39 is 12.1 Å². The number of hydrogen-bond donors (Lipinski definition) is 3. The number of β-amino-alcohol motifs (C(OH)–C–C–N with tert-alkyl or cyclic N) is 1. The quantitative estimate of drug-likeness (QED) is 0.243. The van der Waals surface area contributed by atoms with Crippen LogP contribution in [0.25, 0.3) is 0 Å². The van der Waals surface area contributed by atoms with E-state index in [1.54, 1.807) is 0 Å². The Labute approximate surface area is 163 Å². The van der Waals surface area contributed by atoms with Crippen molar-refractivity contribution in [3.63, 3.8) is 0 Å². The maximum absolute atomic E-state index is 11.4. The second-order valence-electron chi connectivity index (χ2n) is 6.27. The number of esters is 1. The normalized spacial score (nSPS) is 17.6. The summed E-state index contributed by atoms with van der Waals surface area (Å²) >= 11 is 2.29. The minimum atomic E-state index is -1.07. The second-order valence-corrected chi connectivity index (χ2v) is 8.33. The van der Waals surface area contributed by atoms with Gasteiger partial charge in [0.05, 0.1) is 7.11 Å². The number of aliphatic hydroxyl groups is 1. The Bertz CT molecular complexity index is 621. The predicted octanol–water partition coefficient (Wildman–Crippen LogP) is 3.06. The van der Waals surface area contributed by atoms with E-state index >= 15 is 0 Å². The van der Waals surface area contributed by atoms with Crippen LogP contribution in [0.5, 0.6) is 0 Å². The summed E-state index contributed by atoms with van der Waals surface area (Å²) in [6.07, 6.45) is 2.87. The third kappa shape index (κ3) is 5.36. The van der Waals surface area contributed by atoms with Gasteiger partial charge in [-0.05, 0) is 84.1 Å². The van der Waals surface area contributed by atoms with Crippen LogP contribution in [0.4, 0.5) is 5.69 Å². The van der Waals surface area contributed by atoms with Gasteiger partial charge in [0.25, 0.3) is 0 Å². The van der Waals surface area contributed by atoms with Gasteiger partial charge in [0.1, 0.15) is 0 Å². The first kappa shape index (κ1) is 20.6. The summed E-state index contributed by atoms with van der Waals surface area (Å²) in [6.45, 7) is 4.13. The van der Waals surface area contributed by atoms with E-state index in [2.05, 4.69) is 55.8 Å². The number of rotatable bonds is 7. The molecule has 0 aliphatic carbocycles. The first-order valence-corrected chi connectivity index (χ1v) is 12.4. The molecule has 0 radical (unpaired) electrons. The zero-order valence-electron chi connectivity index (χ0n) is 14.5. The number of hydrogen-bond acceptors (Lipinski definition) is 6. The zero-order chi connectivity index (χ0) is 18.4. The van der Waals surface area contributed by atoms with Gasteiger partial charge >= 0.3 is 5.97 Å². The Morgan fingerprint density at radius 1 is 1.56 bits per heavy atom. The van der Waals surface area contributed by atoms with E-state index in [4.69, 9.17) is 5.41 Å². The Morgan fingerprint density at radius 3 is 2.80 bits per heavy atom. The standard InChI is InChI=1S/C17H25IN3O3P/c1-11-7-13(9-19)15(20-25-18)8-14(11)12-3-5-21(6-4-12)10-16(22)17(23)24-2/h7-9,12,16,19-20,22,25H,3-6,10H2,1-2H3. The molecule has 25 heavy (non-hydrogen) atoms. The predicted molar refractivity (Wildman–Crippen MR) is 111 cm³/mol. The molecule has 2 rings (SSSR count). The summed E-state index contributed by atoms with van der Waals surface area (Å²) < 4.78 is 4.58. The van der Waals surface area contributed by atoms with Gasteiger partial charge in [0.15, 0.2) is 6.10 Å². The largest absolute Gasteiger partial charge is 0.467 e. The Balaban J connectivity index is 2.04. The monoisotopic (exact) mass is 477 g/mol. The van der Waals surface area contributed by atoms with Gasteiger partial charge in [0.2, 0.25) is 0 Å². The lowest BCUT2D eigenvalue weighted by Gasteiger charge is -2.33. The molecule has 2 atom stereocenters. The number of piperidine rings is 1. The summed E-state index contributed by atoms with van der Waals surface area (Å²) in [5.74, 6) is -0.111. The first-order valence-electron chi connectivity index (χ1n) is 8.25. The van der Waals surface area contributed by atoms with Gasteiger partial charge in [-0.2, -0.15) is 0 Å². The van der Waals surface area contributed by atoms with Crippen molar-refractivity contribution in [2.75, 3.05) is 31.8 Å². The molecular formula is C17H25IN3O3P. The highest BCUT2D eigenvalue weighted by molar-refractivity contribution is 14.2. The van der Waals surface area contributed by atoms with Gasteiger partial charge < -0.3 is 25.2 Å². The van der Waals surface area contributed by atoms with Crippen molar-refractivity contribution in [1.29, 1.82) is 5.41 Å². The lowest BCUT2D eigenvalue weighted by atomic mass is 9.85. The summed E-state index contributed by atoms with van der Waals surface area (Å²) in [4.78, 5) is 13.5. The van der Waals surface area contributed by atoms with Gasteiger partial charge in [-0.15, -0.1) is 0 Å². The summed E-state index contributed by atoms with van der Waals surface area (Å²) in [5.41, 5.74) is 4.49. The van der Waals surface area contributed by atoms with E-state index in [1.165, 1.54) is 24.5 Å². The van der Waals surface area contributed by atoms with Crippen molar-refractivity contribution in [3.05, 3.63) is 28.8 Å². The SMILES string of the molecule is COC(=O)C(O)CN1CCC(c2cc(NPI)c(C=N)cc2C)CC1. The highest BCUT2D eigenvalue weighted by atomic mass is 127. The Morgan fingerprint density at radius 2 is 2.24 bits per heavy atom. The number of benzene rings is 1. The van der Waals surface area contributed by atoms with E-state index in [0.29, 0.717) is 18.8 Å². The number of nitrogens with zero attached hydrogens (tertiary/aromatic N) is 1. The molecule has 1 aromatic rings. The molecule has 0 saturated carbocycles. The maximum atomic E-state index is 11.4. The molecule has 138 valence electrons. The van der Waals surface area contributed by atoms with E-state index in [9.17, 15) is 9.90 Å². The average molecular weight is 477 g/mol. The number of halogens is 1. The van der Waals surface area contributed by atoms with Crippen LogP contribution >= 0.6 is 28.4 Å². The molecule has 1 aliphatic rings. The number of carbonyl (C=O) groups is 1. The molecular weight excluding hydrogens is 452 g/mol. The van der Waals surface area contributed by atoms with Crippen LogP contribution in [-0.2, 0) is 9.53 Å². The molecule has 2 unspecified atom stereocenters. The van der Waals surface area contributed by atoms with Gasteiger partial charge in [0, 0.05) is 30.4 Å². The lowest BCUT2D eigenvalue weighted by Crippen LogP contribution is -2.41. The highest BCUT2D eigenvalue weighted by Crippen LogP contribution is 2.35.